The molecule has 6 heteroatoms. The molecule has 0 bridgehead atoms. The molecule has 1 aliphatic rings. The standard InChI is InChI=1S/C22H32BrN3OS/c1-6-15(2)14-26(17-10-8-7-9-11-17)19(27)12-16(3)20-21(24-4)18(23)13-25-22(20)28-5/h12-14,17H,6-11H2,1-5H3,(H,24,25)/b15-14+,16-12+. The van der Waals surface area contributed by atoms with E-state index in [1.807, 2.05) is 25.1 Å². The van der Waals surface area contributed by atoms with Gasteiger partial charge in [0, 0.05) is 37.1 Å². The quantitative estimate of drug-likeness (QED) is 0.369. The summed E-state index contributed by atoms with van der Waals surface area (Å²) in [6.07, 6.45) is 14.5. The molecule has 1 N–H and O–H groups in total. The van der Waals surface area contributed by atoms with Crippen LogP contribution in [0.5, 0.6) is 0 Å². The number of thioether (sulfide) groups is 1. The Morgan fingerprint density at radius 1 is 1.36 bits per heavy atom. The number of aromatic nitrogens is 1. The van der Waals surface area contributed by atoms with Gasteiger partial charge >= 0.3 is 0 Å². The number of amides is 1. The lowest BCUT2D eigenvalue weighted by Gasteiger charge is -2.32. The normalized spacial score (nSPS) is 16.2. The molecule has 28 heavy (non-hydrogen) atoms. The minimum atomic E-state index is 0.0614. The van der Waals surface area contributed by atoms with E-state index >= 15 is 0 Å². The minimum absolute atomic E-state index is 0.0614. The van der Waals surface area contributed by atoms with Crippen LogP contribution in [0.4, 0.5) is 5.69 Å². The van der Waals surface area contributed by atoms with E-state index < -0.39 is 0 Å². The lowest BCUT2D eigenvalue weighted by Crippen LogP contribution is -2.37. The topological polar surface area (TPSA) is 45.2 Å². The Bertz CT molecular complexity index is 754. The molecule has 1 aliphatic carbocycles. The molecule has 2 rings (SSSR count). The number of pyridine rings is 1. The van der Waals surface area contributed by atoms with E-state index in [4.69, 9.17) is 0 Å². The van der Waals surface area contributed by atoms with Crippen molar-refractivity contribution in [3.63, 3.8) is 0 Å². The molecule has 0 radical (unpaired) electrons. The molecule has 154 valence electrons. The zero-order valence-corrected chi connectivity index (χ0v) is 20.0. The summed E-state index contributed by atoms with van der Waals surface area (Å²) in [7, 11) is 1.89. The molecule has 4 nitrogen and oxygen atoms in total. The summed E-state index contributed by atoms with van der Waals surface area (Å²) in [5.41, 5.74) is 4.11. The van der Waals surface area contributed by atoms with Gasteiger partial charge in [-0.1, -0.05) is 31.8 Å². The van der Waals surface area contributed by atoms with Gasteiger partial charge in [0.25, 0.3) is 5.91 Å². The Balaban J connectivity index is 2.43. The number of anilines is 1. The zero-order chi connectivity index (χ0) is 20.7. The van der Waals surface area contributed by atoms with Crippen LogP contribution < -0.4 is 5.32 Å². The van der Waals surface area contributed by atoms with Crippen molar-refractivity contribution in [2.24, 2.45) is 0 Å². The maximum Gasteiger partial charge on any atom is 0.251 e. The molecular formula is C22H32BrN3OS. The van der Waals surface area contributed by atoms with Gasteiger partial charge in [0.05, 0.1) is 10.2 Å². The summed E-state index contributed by atoms with van der Waals surface area (Å²) >= 11 is 5.16. The molecule has 1 fully saturated rings. The minimum Gasteiger partial charge on any atom is -0.387 e. The highest BCUT2D eigenvalue weighted by Gasteiger charge is 2.24. The molecule has 0 saturated heterocycles. The predicted octanol–water partition coefficient (Wildman–Crippen LogP) is 6.49. The summed E-state index contributed by atoms with van der Waals surface area (Å²) in [5.74, 6) is 0.0614. The Hall–Kier alpha value is -1.27. The Morgan fingerprint density at radius 3 is 2.61 bits per heavy atom. The smallest absolute Gasteiger partial charge is 0.251 e. The summed E-state index contributed by atoms with van der Waals surface area (Å²) in [4.78, 5) is 19.8. The molecular weight excluding hydrogens is 434 g/mol. The average Bonchev–Trinajstić information content (AvgIpc) is 2.71. The van der Waals surface area contributed by atoms with Gasteiger partial charge in [0.15, 0.2) is 0 Å². The fourth-order valence-electron chi connectivity index (χ4n) is 3.60. The monoisotopic (exact) mass is 465 g/mol. The second-order valence-electron chi connectivity index (χ2n) is 7.31. The first kappa shape index (κ1) is 23.0. The van der Waals surface area contributed by atoms with Gasteiger partial charge in [-0.05, 0) is 60.9 Å². The fraction of sp³-hybridized carbons (Fsp3) is 0.545. The Labute approximate surface area is 182 Å². The third-order valence-corrected chi connectivity index (χ3v) is 6.61. The van der Waals surface area contributed by atoms with Crippen LogP contribution >= 0.6 is 27.7 Å². The van der Waals surface area contributed by atoms with Gasteiger partial charge in [0.2, 0.25) is 0 Å². The Morgan fingerprint density at radius 2 is 2.04 bits per heavy atom. The number of allylic oxidation sites excluding steroid dienone is 2. The average molecular weight is 466 g/mol. The number of rotatable bonds is 7. The van der Waals surface area contributed by atoms with Crippen molar-refractivity contribution < 1.29 is 4.79 Å². The van der Waals surface area contributed by atoms with Crippen LogP contribution in [-0.4, -0.2) is 35.1 Å². The number of hydrogen-bond donors (Lipinski definition) is 1. The molecule has 0 spiro atoms. The fourth-order valence-corrected chi connectivity index (χ4v) is 4.73. The molecule has 1 amide bonds. The maximum atomic E-state index is 13.3. The summed E-state index contributed by atoms with van der Waals surface area (Å²) in [6, 6.07) is 0.302. The number of hydrogen-bond acceptors (Lipinski definition) is 4. The highest BCUT2D eigenvalue weighted by molar-refractivity contribution is 9.10. The lowest BCUT2D eigenvalue weighted by atomic mass is 9.94. The third-order valence-electron chi connectivity index (χ3n) is 5.32. The van der Waals surface area contributed by atoms with Crippen molar-refractivity contribution in [3.8, 4) is 0 Å². The summed E-state index contributed by atoms with van der Waals surface area (Å²) < 4.78 is 0.897. The van der Waals surface area contributed by atoms with Crippen molar-refractivity contribution in [2.75, 3.05) is 18.6 Å². The molecule has 0 unspecified atom stereocenters. The largest absolute Gasteiger partial charge is 0.387 e. The molecule has 1 heterocycles. The van der Waals surface area contributed by atoms with Crippen LogP contribution in [0.2, 0.25) is 0 Å². The third kappa shape index (κ3) is 5.63. The first-order valence-electron chi connectivity index (χ1n) is 10.0. The molecule has 0 aromatic carbocycles. The van der Waals surface area contributed by atoms with Gasteiger partial charge in [-0.2, -0.15) is 0 Å². The van der Waals surface area contributed by atoms with E-state index in [1.54, 1.807) is 24.0 Å². The van der Waals surface area contributed by atoms with Crippen LogP contribution in [0, 0.1) is 0 Å². The van der Waals surface area contributed by atoms with Crippen LogP contribution in [0.25, 0.3) is 5.57 Å². The highest BCUT2D eigenvalue weighted by Crippen LogP contribution is 2.36. The van der Waals surface area contributed by atoms with Crippen molar-refractivity contribution >= 4 is 44.9 Å². The predicted molar refractivity (Wildman–Crippen MR) is 125 cm³/mol. The van der Waals surface area contributed by atoms with Crippen molar-refractivity contribution in [2.45, 2.75) is 70.4 Å². The SMILES string of the molecule is CC/C(C)=C/N(C(=O)/C=C(\C)c1c(SC)ncc(Br)c1NC)C1CCCCC1. The van der Waals surface area contributed by atoms with E-state index in [2.05, 4.69) is 46.3 Å². The molecule has 0 atom stereocenters. The van der Waals surface area contributed by atoms with E-state index in [1.165, 1.54) is 24.8 Å². The second kappa shape index (κ2) is 11.1. The van der Waals surface area contributed by atoms with E-state index in [9.17, 15) is 4.79 Å². The highest BCUT2D eigenvalue weighted by atomic mass is 79.9. The zero-order valence-electron chi connectivity index (χ0n) is 17.6. The van der Waals surface area contributed by atoms with Gasteiger partial charge in [-0.15, -0.1) is 11.8 Å². The number of halogens is 1. The maximum absolute atomic E-state index is 13.3. The molecule has 0 aliphatic heterocycles. The molecule has 1 saturated carbocycles. The lowest BCUT2D eigenvalue weighted by molar-refractivity contribution is -0.125. The Kier molecular flexibility index (Phi) is 9.09. The van der Waals surface area contributed by atoms with E-state index in [0.29, 0.717) is 6.04 Å². The first-order valence-corrected chi connectivity index (χ1v) is 12.0. The van der Waals surface area contributed by atoms with Crippen LogP contribution in [0.15, 0.2) is 33.5 Å². The van der Waals surface area contributed by atoms with Crippen molar-refractivity contribution in [1.82, 2.24) is 9.88 Å². The number of nitrogens with one attached hydrogen (secondary N) is 1. The number of carbonyl (C=O) groups is 1. The number of carbonyl (C=O) groups excluding carboxylic acids is 1. The van der Waals surface area contributed by atoms with Crippen LogP contribution in [0.3, 0.4) is 0 Å². The van der Waals surface area contributed by atoms with Crippen LogP contribution in [0.1, 0.15) is 64.9 Å². The molecule has 1 aromatic heterocycles. The van der Waals surface area contributed by atoms with Gasteiger partial charge < -0.3 is 10.2 Å². The van der Waals surface area contributed by atoms with Crippen molar-refractivity contribution in [3.05, 3.63) is 34.1 Å². The van der Waals surface area contributed by atoms with Gasteiger partial charge in [0.1, 0.15) is 5.03 Å². The van der Waals surface area contributed by atoms with Crippen LogP contribution in [-0.2, 0) is 4.79 Å². The first-order chi connectivity index (χ1) is 13.4. The number of nitrogens with zero attached hydrogens (tertiary/aromatic N) is 2. The van der Waals surface area contributed by atoms with E-state index in [-0.39, 0.29) is 5.91 Å². The van der Waals surface area contributed by atoms with E-state index in [0.717, 1.165) is 45.6 Å². The summed E-state index contributed by atoms with van der Waals surface area (Å²) in [5, 5.41) is 4.16. The molecule has 1 aromatic rings. The second-order valence-corrected chi connectivity index (χ2v) is 8.96. The van der Waals surface area contributed by atoms with Gasteiger partial charge in [-0.25, -0.2) is 4.98 Å². The van der Waals surface area contributed by atoms with Gasteiger partial charge in [-0.3, -0.25) is 4.79 Å². The summed E-state index contributed by atoms with van der Waals surface area (Å²) in [6.45, 7) is 6.23. The van der Waals surface area contributed by atoms with Crippen molar-refractivity contribution in [1.29, 1.82) is 0 Å².